The van der Waals surface area contributed by atoms with E-state index in [4.69, 9.17) is 9.73 Å². The number of carboxylic acids is 1. The van der Waals surface area contributed by atoms with Gasteiger partial charge in [0.1, 0.15) is 0 Å². The van der Waals surface area contributed by atoms with E-state index in [1.807, 2.05) is 6.07 Å². The minimum absolute atomic E-state index is 0.143. The van der Waals surface area contributed by atoms with Crippen LogP contribution in [0, 0.1) is 0 Å². The van der Waals surface area contributed by atoms with Gasteiger partial charge < -0.3 is 20.1 Å². The number of carbonyl (C=O) groups is 1. The van der Waals surface area contributed by atoms with Gasteiger partial charge >= 0.3 is 5.97 Å². The SMILES string of the molecule is O=C(O)c1cccc(NC(=NC[C@H]2CCCO2)N2CCN(C(c3ccccc3)c3ccccc3)CC2)c1. The zero-order valence-electron chi connectivity index (χ0n) is 21.0. The summed E-state index contributed by atoms with van der Waals surface area (Å²) < 4.78 is 5.80. The van der Waals surface area contributed by atoms with Gasteiger partial charge in [-0.2, -0.15) is 0 Å². The molecular weight excluding hydrogens is 464 g/mol. The smallest absolute Gasteiger partial charge is 0.335 e. The third-order valence-electron chi connectivity index (χ3n) is 7.04. The summed E-state index contributed by atoms with van der Waals surface area (Å²) in [6.07, 6.45) is 2.24. The number of ether oxygens (including phenoxy) is 1. The summed E-state index contributed by atoms with van der Waals surface area (Å²) in [5.41, 5.74) is 3.55. The van der Waals surface area contributed by atoms with Gasteiger partial charge in [0.25, 0.3) is 0 Å². The first-order valence-electron chi connectivity index (χ1n) is 13.0. The molecule has 2 heterocycles. The van der Waals surface area contributed by atoms with Gasteiger partial charge in [-0.25, -0.2) is 4.79 Å². The minimum Gasteiger partial charge on any atom is -0.478 e. The van der Waals surface area contributed by atoms with E-state index >= 15 is 0 Å². The van der Waals surface area contributed by atoms with Gasteiger partial charge in [-0.05, 0) is 42.2 Å². The van der Waals surface area contributed by atoms with Crippen molar-refractivity contribution >= 4 is 17.6 Å². The van der Waals surface area contributed by atoms with Crippen LogP contribution in [0.25, 0.3) is 0 Å². The van der Waals surface area contributed by atoms with Crippen LogP contribution in [-0.4, -0.2) is 72.3 Å². The number of aliphatic imine (C=N–C) groups is 1. The summed E-state index contributed by atoms with van der Waals surface area (Å²) in [6.45, 7) is 4.77. The molecule has 2 saturated heterocycles. The van der Waals surface area contributed by atoms with Crippen LogP contribution in [0.1, 0.15) is 40.4 Å². The van der Waals surface area contributed by atoms with Crippen LogP contribution in [0.5, 0.6) is 0 Å². The highest BCUT2D eigenvalue weighted by atomic mass is 16.5. The first kappa shape index (κ1) is 25.0. The topological polar surface area (TPSA) is 77.4 Å². The van der Waals surface area contributed by atoms with Crippen molar-refractivity contribution in [1.82, 2.24) is 9.80 Å². The molecule has 3 aromatic rings. The zero-order chi connectivity index (χ0) is 25.5. The third kappa shape index (κ3) is 6.37. The van der Waals surface area contributed by atoms with E-state index in [0.717, 1.165) is 57.3 Å². The number of carboxylic acid groups (broad SMARTS) is 1. The van der Waals surface area contributed by atoms with Crippen molar-refractivity contribution in [3.8, 4) is 0 Å². The van der Waals surface area contributed by atoms with Crippen LogP contribution in [0.15, 0.2) is 89.9 Å². The van der Waals surface area contributed by atoms with E-state index in [2.05, 4.69) is 75.8 Å². The fraction of sp³-hybridized carbons (Fsp3) is 0.333. The second-order valence-electron chi connectivity index (χ2n) is 9.56. The van der Waals surface area contributed by atoms with Crippen LogP contribution in [0.3, 0.4) is 0 Å². The molecule has 0 radical (unpaired) electrons. The Morgan fingerprint density at radius 3 is 2.22 bits per heavy atom. The molecule has 2 aliphatic heterocycles. The van der Waals surface area contributed by atoms with Crippen LogP contribution in [0.4, 0.5) is 5.69 Å². The van der Waals surface area contributed by atoms with Gasteiger partial charge in [0.15, 0.2) is 5.96 Å². The predicted octanol–water partition coefficient (Wildman–Crippen LogP) is 4.74. The van der Waals surface area contributed by atoms with E-state index in [9.17, 15) is 9.90 Å². The van der Waals surface area contributed by atoms with Gasteiger partial charge in [-0.15, -0.1) is 0 Å². The normalized spacial score (nSPS) is 18.8. The molecule has 0 bridgehead atoms. The molecule has 5 rings (SSSR count). The molecule has 7 nitrogen and oxygen atoms in total. The summed E-state index contributed by atoms with van der Waals surface area (Å²) in [4.78, 5) is 21.2. The Hall–Kier alpha value is -3.68. The minimum atomic E-state index is -0.942. The maximum absolute atomic E-state index is 11.5. The number of piperazine rings is 1. The number of nitrogens with one attached hydrogen (secondary N) is 1. The van der Waals surface area contributed by atoms with Crippen LogP contribution >= 0.6 is 0 Å². The van der Waals surface area contributed by atoms with Crippen LogP contribution in [0.2, 0.25) is 0 Å². The Morgan fingerprint density at radius 1 is 0.946 bits per heavy atom. The molecule has 2 N–H and O–H groups in total. The first-order chi connectivity index (χ1) is 18.2. The van der Waals surface area contributed by atoms with Crippen LogP contribution in [-0.2, 0) is 4.74 Å². The molecule has 2 fully saturated rings. The lowest BCUT2D eigenvalue weighted by Gasteiger charge is -2.41. The Kier molecular flexibility index (Phi) is 8.13. The molecule has 0 aromatic heterocycles. The summed E-state index contributed by atoms with van der Waals surface area (Å²) in [6, 6.07) is 28.4. The van der Waals surface area contributed by atoms with Gasteiger partial charge in [0, 0.05) is 38.5 Å². The van der Waals surface area contributed by atoms with E-state index < -0.39 is 5.97 Å². The van der Waals surface area contributed by atoms with Gasteiger partial charge in [-0.1, -0.05) is 66.7 Å². The predicted molar refractivity (Wildman–Crippen MR) is 146 cm³/mol. The summed E-state index contributed by atoms with van der Waals surface area (Å²) in [5.74, 6) is -0.170. The molecule has 0 saturated carbocycles. The molecule has 1 atom stereocenters. The molecule has 2 aliphatic rings. The summed E-state index contributed by atoms with van der Waals surface area (Å²) >= 11 is 0. The third-order valence-corrected chi connectivity index (χ3v) is 7.04. The molecular formula is C30H34N4O3. The molecule has 37 heavy (non-hydrogen) atoms. The Bertz CT molecular complexity index is 1150. The molecule has 0 aliphatic carbocycles. The number of rotatable bonds is 7. The van der Waals surface area contributed by atoms with Crippen molar-refractivity contribution in [2.24, 2.45) is 4.99 Å². The first-order valence-corrected chi connectivity index (χ1v) is 13.0. The molecule has 7 heteroatoms. The number of aromatic carboxylic acids is 1. The van der Waals surface area contributed by atoms with Crippen LogP contribution < -0.4 is 5.32 Å². The van der Waals surface area contributed by atoms with Crippen molar-refractivity contribution in [3.63, 3.8) is 0 Å². The fourth-order valence-corrected chi connectivity index (χ4v) is 5.13. The largest absolute Gasteiger partial charge is 0.478 e. The van der Waals surface area contributed by atoms with Gasteiger partial charge in [0.05, 0.1) is 24.3 Å². The lowest BCUT2D eigenvalue weighted by atomic mass is 9.96. The molecule has 0 unspecified atom stereocenters. The molecule has 3 aromatic carbocycles. The fourth-order valence-electron chi connectivity index (χ4n) is 5.13. The number of benzene rings is 3. The Balaban J connectivity index is 1.33. The quantitative estimate of drug-likeness (QED) is 0.362. The number of hydrogen-bond donors (Lipinski definition) is 2. The van der Waals surface area contributed by atoms with Crippen molar-refractivity contribution in [2.75, 3.05) is 44.6 Å². The van der Waals surface area contributed by atoms with Crippen molar-refractivity contribution < 1.29 is 14.6 Å². The Labute approximate surface area is 218 Å². The monoisotopic (exact) mass is 498 g/mol. The van der Waals surface area contributed by atoms with E-state index in [1.54, 1.807) is 18.2 Å². The average Bonchev–Trinajstić information content (AvgIpc) is 3.47. The molecule has 0 amide bonds. The zero-order valence-corrected chi connectivity index (χ0v) is 21.0. The lowest BCUT2D eigenvalue weighted by Crippen LogP contribution is -2.51. The Morgan fingerprint density at radius 2 is 1.62 bits per heavy atom. The summed E-state index contributed by atoms with van der Waals surface area (Å²) in [7, 11) is 0. The van der Waals surface area contributed by atoms with Crippen molar-refractivity contribution in [3.05, 3.63) is 102 Å². The standard InChI is InChI=1S/C30H34N4O3/c35-29(36)25-13-7-14-26(21-25)32-30(31-22-27-15-8-20-37-27)34-18-16-33(17-19-34)28(23-9-3-1-4-10-23)24-11-5-2-6-12-24/h1-7,9-14,21,27-28H,8,15-20,22H2,(H,31,32)(H,35,36)/t27-/m1/s1. The highest BCUT2D eigenvalue weighted by Gasteiger charge is 2.28. The second kappa shape index (κ2) is 12.0. The maximum atomic E-state index is 11.5. The molecule has 192 valence electrons. The second-order valence-corrected chi connectivity index (χ2v) is 9.56. The number of anilines is 1. The average molecular weight is 499 g/mol. The van der Waals surface area contributed by atoms with Gasteiger partial charge in [-0.3, -0.25) is 9.89 Å². The number of nitrogens with zero attached hydrogens (tertiary/aromatic N) is 3. The number of hydrogen-bond acceptors (Lipinski definition) is 4. The highest BCUT2D eigenvalue weighted by Crippen LogP contribution is 2.29. The van der Waals surface area contributed by atoms with Gasteiger partial charge in [0.2, 0.25) is 0 Å². The van der Waals surface area contributed by atoms with E-state index in [-0.39, 0.29) is 17.7 Å². The molecule has 0 spiro atoms. The summed E-state index contributed by atoms with van der Waals surface area (Å²) in [5, 5.41) is 12.8. The van der Waals surface area contributed by atoms with Crippen molar-refractivity contribution in [2.45, 2.75) is 25.0 Å². The van der Waals surface area contributed by atoms with E-state index in [0.29, 0.717) is 6.54 Å². The number of guanidine groups is 1. The maximum Gasteiger partial charge on any atom is 0.335 e. The lowest BCUT2D eigenvalue weighted by molar-refractivity contribution is 0.0697. The highest BCUT2D eigenvalue weighted by molar-refractivity contribution is 5.95. The van der Waals surface area contributed by atoms with E-state index in [1.165, 1.54) is 11.1 Å². The van der Waals surface area contributed by atoms with Crippen molar-refractivity contribution in [1.29, 1.82) is 0 Å².